The van der Waals surface area contributed by atoms with Crippen LogP contribution in [0.15, 0.2) is 12.1 Å². The Balaban J connectivity index is 2.45. The standard InChI is InChI=1S/C16H23NO6/c1-3-22-16(19)7-5-4-6-8-23-15-10-13(17-20)12(11-18)9-14(15)21-2/h9-11,17,20H,3-8H2,1-2H3. The predicted octanol–water partition coefficient (Wildman–Crippen LogP) is 2.81. The van der Waals surface area contributed by atoms with Gasteiger partial charge in [-0.15, -0.1) is 0 Å². The van der Waals surface area contributed by atoms with E-state index in [1.807, 2.05) is 5.48 Å². The van der Waals surface area contributed by atoms with Crippen LogP contribution in [0.1, 0.15) is 43.0 Å². The first kappa shape index (κ1) is 18.8. The van der Waals surface area contributed by atoms with Crippen LogP contribution in [0.5, 0.6) is 11.5 Å². The highest BCUT2D eigenvalue weighted by atomic mass is 16.5. The molecule has 0 unspecified atom stereocenters. The summed E-state index contributed by atoms with van der Waals surface area (Å²) in [6.45, 7) is 2.62. The van der Waals surface area contributed by atoms with Crippen molar-refractivity contribution in [1.82, 2.24) is 0 Å². The van der Waals surface area contributed by atoms with Crippen LogP contribution in [0.2, 0.25) is 0 Å². The molecule has 0 spiro atoms. The highest BCUT2D eigenvalue weighted by Gasteiger charge is 2.11. The molecule has 0 bridgehead atoms. The Kier molecular flexibility index (Phi) is 8.52. The van der Waals surface area contributed by atoms with Crippen LogP contribution < -0.4 is 15.0 Å². The maximum atomic E-state index is 11.2. The number of hydrogen-bond donors (Lipinski definition) is 2. The van der Waals surface area contributed by atoms with Gasteiger partial charge in [-0.3, -0.25) is 20.3 Å². The molecule has 128 valence electrons. The molecule has 0 atom stereocenters. The molecule has 0 heterocycles. The molecule has 0 radical (unpaired) electrons. The quantitative estimate of drug-likeness (QED) is 0.279. The molecule has 0 saturated carbocycles. The molecule has 1 aromatic rings. The normalized spacial score (nSPS) is 10.0. The molecule has 0 fully saturated rings. The van der Waals surface area contributed by atoms with Gasteiger partial charge in [0.25, 0.3) is 0 Å². The highest BCUT2D eigenvalue weighted by Crippen LogP contribution is 2.32. The highest BCUT2D eigenvalue weighted by molar-refractivity contribution is 5.85. The van der Waals surface area contributed by atoms with Gasteiger partial charge in [0.05, 0.1) is 26.0 Å². The van der Waals surface area contributed by atoms with Crippen molar-refractivity contribution in [2.24, 2.45) is 0 Å². The molecule has 7 nitrogen and oxygen atoms in total. The van der Waals surface area contributed by atoms with Crippen molar-refractivity contribution >= 4 is 17.9 Å². The molecule has 1 rings (SSSR count). The number of rotatable bonds is 11. The Morgan fingerprint density at radius 2 is 2.04 bits per heavy atom. The second-order valence-corrected chi connectivity index (χ2v) is 4.78. The average molecular weight is 325 g/mol. The number of ether oxygens (including phenoxy) is 3. The third-order valence-electron chi connectivity index (χ3n) is 3.17. The van der Waals surface area contributed by atoms with Crippen molar-refractivity contribution in [3.63, 3.8) is 0 Å². The first-order valence-electron chi connectivity index (χ1n) is 7.52. The summed E-state index contributed by atoms with van der Waals surface area (Å²) in [7, 11) is 1.47. The number of anilines is 1. The number of aldehydes is 1. The molecule has 1 aromatic carbocycles. The maximum absolute atomic E-state index is 11.2. The Bertz CT molecular complexity index is 518. The van der Waals surface area contributed by atoms with Crippen LogP contribution in [-0.4, -0.2) is 37.8 Å². The summed E-state index contributed by atoms with van der Waals surface area (Å²) < 4.78 is 15.6. The molecule has 0 saturated heterocycles. The van der Waals surface area contributed by atoms with E-state index in [-0.39, 0.29) is 17.2 Å². The molecule has 0 aliphatic rings. The zero-order chi connectivity index (χ0) is 17.1. The number of carbonyl (C=O) groups is 2. The zero-order valence-corrected chi connectivity index (χ0v) is 13.5. The first-order chi connectivity index (χ1) is 11.2. The van der Waals surface area contributed by atoms with Crippen LogP contribution >= 0.6 is 0 Å². The fourth-order valence-corrected chi connectivity index (χ4v) is 2.01. The van der Waals surface area contributed by atoms with E-state index in [4.69, 9.17) is 19.4 Å². The third kappa shape index (κ3) is 6.15. The second kappa shape index (κ2) is 10.4. The van der Waals surface area contributed by atoms with Gasteiger partial charge in [0, 0.05) is 18.1 Å². The Morgan fingerprint density at radius 3 is 2.65 bits per heavy atom. The fraction of sp³-hybridized carbons (Fsp3) is 0.500. The van der Waals surface area contributed by atoms with Crippen molar-refractivity contribution in [3.8, 4) is 11.5 Å². The monoisotopic (exact) mass is 325 g/mol. The number of nitrogens with one attached hydrogen (secondary N) is 1. The lowest BCUT2D eigenvalue weighted by Crippen LogP contribution is -2.05. The number of hydrogen-bond acceptors (Lipinski definition) is 7. The number of esters is 1. The van der Waals surface area contributed by atoms with Crippen molar-refractivity contribution in [2.45, 2.75) is 32.6 Å². The minimum absolute atomic E-state index is 0.182. The third-order valence-corrected chi connectivity index (χ3v) is 3.17. The second-order valence-electron chi connectivity index (χ2n) is 4.78. The summed E-state index contributed by atoms with van der Waals surface area (Å²) >= 11 is 0. The summed E-state index contributed by atoms with van der Waals surface area (Å²) in [5.41, 5.74) is 2.47. The van der Waals surface area contributed by atoms with E-state index >= 15 is 0 Å². The Morgan fingerprint density at radius 1 is 1.26 bits per heavy atom. The van der Waals surface area contributed by atoms with Crippen LogP contribution in [0.25, 0.3) is 0 Å². The molecule has 7 heteroatoms. The van der Waals surface area contributed by atoms with E-state index in [1.54, 1.807) is 6.92 Å². The topological polar surface area (TPSA) is 94.1 Å². The van der Waals surface area contributed by atoms with Gasteiger partial charge in [0.1, 0.15) is 0 Å². The molecule has 0 aromatic heterocycles. The number of carbonyl (C=O) groups excluding carboxylic acids is 2. The van der Waals surface area contributed by atoms with Gasteiger partial charge < -0.3 is 14.2 Å². The van der Waals surface area contributed by atoms with Crippen molar-refractivity contribution in [2.75, 3.05) is 25.8 Å². The molecule has 0 aliphatic carbocycles. The van der Waals surface area contributed by atoms with Gasteiger partial charge >= 0.3 is 5.97 Å². The number of unbranched alkanes of at least 4 members (excludes halogenated alkanes) is 2. The van der Waals surface area contributed by atoms with Gasteiger partial charge in [-0.25, -0.2) is 0 Å². The van der Waals surface area contributed by atoms with Gasteiger partial charge in [0.2, 0.25) is 0 Å². The van der Waals surface area contributed by atoms with Gasteiger partial charge in [-0.05, 0) is 32.3 Å². The van der Waals surface area contributed by atoms with Crippen LogP contribution in [0.3, 0.4) is 0 Å². The van der Waals surface area contributed by atoms with E-state index in [1.165, 1.54) is 19.2 Å². The summed E-state index contributed by atoms with van der Waals surface area (Å²) in [5, 5.41) is 9.03. The van der Waals surface area contributed by atoms with E-state index in [9.17, 15) is 9.59 Å². The van der Waals surface area contributed by atoms with Crippen LogP contribution in [0, 0.1) is 0 Å². The smallest absolute Gasteiger partial charge is 0.305 e. The summed E-state index contributed by atoms with van der Waals surface area (Å²) in [6, 6.07) is 2.99. The number of benzene rings is 1. The molecule has 0 amide bonds. The van der Waals surface area contributed by atoms with Gasteiger partial charge in [-0.2, -0.15) is 0 Å². The molecule has 2 N–H and O–H groups in total. The van der Waals surface area contributed by atoms with E-state index in [0.717, 1.165) is 19.3 Å². The molecular weight excluding hydrogens is 302 g/mol. The summed E-state index contributed by atoms with van der Waals surface area (Å²) in [5.74, 6) is 0.663. The van der Waals surface area contributed by atoms with Crippen LogP contribution in [-0.2, 0) is 9.53 Å². The Labute approximate surface area is 135 Å². The lowest BCUT2D eigenvalue weighted by atomic mass is 10.1. The van der Waals surface area contributed by atoms with Crippen molar-refractivity contribution < 1.29 is 29.0 Å². The minimum Gasteiger partial charge on any atom is -0.493 e. The lowest BCUT2D eigenvalue weighted by Gasteiger charge is -2.13. The maximum Gasteiger partial charge on any atom is 0.305 e. The van der Waals surface area contributed by atoms with Crippen LogP contribution in [0.4, 0.5) is 5.69 Å². The summed E-state index contributed by atoms with van der Waals surface area (Å²) in [6.07, 6.45) is 3.36. The van der Waals surface area contributed by atoms with E-state index in [2.05, 4.69) is 0 Å². The largest absolute Gasteiger partial charge is 0.493 e. The van der Waals surface area contributed by atoms with Gasteiger partial charge in [-0.1, -0.05) is 0 Å². The van der Waals surface area contributed by atoms with Crippen molar-refractivity contribution in [3.05, 3.63) is 17.7 Å². The SMILES string of the molecule is CCOC(=O)CCCCCOc1cc(NO)c(C=O)cc1OC. The molecule has 23 heavy (non-hydrogen) atoms. The molecule has 0 aliphatic heterocycles. The number of methoxy groups -OCH3 is 1. The zero-order valence-electron chi connectivity index (χ0n) is 13.5. The first-order valence-corrected chi connectivity index (χ1v) is 7.52. The average Bonchev–Trinajstić information content (AvgIpc) is 2.57. The van der Waals surface area contributed by atoms with Gasteiger partial charge in [0.15, 0.2) is 17.8 Å². The minimum atomic E-state index is -0.182. The predicted molar refractivity (Wildman–Crippen MR) is 84.4 cm³/mol. The van der Waals surface area contributed by atoms with E-state index in [0.29, 0.717) is 37.4 Å². The lowest BCUT2D eigenvalue weighted by molar-refractivity contribution is -0.143. The Hall–Kier alpha value is -2.28. The summed E-state index contributed by atoms with van der Waals surface area (Å²) in [4.78, 5) is 22.1. The van der Waals surface area contributed by atoms with E-state index < -0.39 is 0 Å². The van der Waals surface area contributed by atoms with Crippen molar-refractivity contribution in [1.29, 1.82) is 0 Å². The fourth-order valence-electron chi connectivity index (χ4n) is 2.01. The molecular formula is C16H23NO6.